The first-order chi connectivity index (χ1) is 16.7. The van der Waals surface area contributed by atoms with Crippen LogP contribution in [0.4, 0.5) is 0 Å². The number of nitrogens with one attached hydrogen (secondary N) is 4. The number of aliphatic carboxylic acids is 1. The maximum absolute atomic E-state index is 13.0. The SMILES string of the molecule is CNCC(=O)N[C@H](C)[C@H]1C(=O)N2C(C(=O)O)=C(S[C@@H]3CN[C@H](C(=O)N4CC[C@H](NC)C4)C3)[C@H](C)[C@@H]12. The summed E-state index contributed by atoms with van der Waals surface area (Å²) in [6.45, 7) is 5.95. The first-order valence-corrected chi connectivity index (χ1v) is 13.2. The van der Waals surface area contributed by atoms with Gasteiger partial charge in [-0.05, 0) is 33.9 Å². The number of β-lactam (4-membered cyclic amide) rings is 1. The number of nitrogens with zero attached hydrogens (tertiary/aromatic N) is 2. The molecule has 0 aromatic carbocycles. The standard InChI is InChI=1S/C23H36N6O5S/c1-11-18-17(12(2)27-16(30)9-24-3)22(32)29(18)19(23(33)34)20(11)35-14-7-15(26-8-14)21(31)28-6-5-13(10-28)25-4/h11-15,17-18,24-26H,5-10H2,1-4H3,(H,27,30)(H,33,34)/t11-,12-,13+,14+,15+,17-,18+/m1/s1. The summed E-state index contributed by atoms with van der Waals surface area (Å²) in [6.07, 6.45) is 1.56. The molecule has 0 spiro atoms. The van der Waals surface area contributed by atoms with E-state index in [1.807, 2.05) is 18.9 Å². The lowest BCUT2D eigenvalue weighted by atomic mass is 9.78. The second-order valence-electron chi connectivity index (χ2n) is 9.91. The smallest absolute Gasteiger partial charge is 0.353 e. The third kappa shape index (κ3) is 4.81. The lowest BCUT2D eigenvalue weighted by Gasteiger charge is -2.47. The fourth-order valence-electron chi connectivity index (χ4n) is 5.83. The number of rotatable bonds is 9. The number of carbonyl (C=O) groups is 4. The molecule has 3 fully saturated rings. The van der Waals surface area contributed by atoms with Crippen LogP contribution in [-0.2, 0) is 19.2 Å². The van der Waals surface area contributed by atoms with Gasteiger partial charge in [0.05, 0.1) is 24.5 Å². The molecule has 3 amide bonds. The summed E-state index contributed by atoms with van der Waals surface area (Å²) >= 11 is 1.48. The van der Waals surface area contributed by atoms with Crippen LogP contribution in [0, 0.1) is 11.8 Å². The van der Waals surface area contributed by atoms with Gasteiger partial charge in [-0.2, -0.15) is 0 Å². The molecular weight excluding hydrogens is 472 g/mol. The number of likely N-dealkylation sites (tertiary alicyclic amines) is 1. The van der Waals surface area contributed by atoms with Crippen LogP contribution in [0.1, 0.15) is 26.7 Å². The van der Waals surface area contributed by atoms with Crippen molar-refractivity contribution in [1.82, 2.24) is 31.1 Å². The Morgan fingerprint density at radius 3 is 2.66 bits per heavy atom. The predicted octanol–water partition coefficient (Wildman–Crippen LogP) is -1.23. The van der Waals surface area contributed by atoms with E-state index < -0.39 is 17.9 Å². The summed E-state index contributed by atoms with van der Waals surface area (Å²) in [4.78, 5) is 54.1. The molecule has 0 aliphatic carbocycles. The van der Waals surface area contributed by atoms with Crippen LogP contribution in [0.3, 0.4) is 0 Å². The highest BCUT2D eigenvalue weighted by Gasteiger charge is 2.60. The van der Waals surface area contributed by atoms with Crippen LogP contribution in [0.25, 0.3) is 0 Å². The van der Waals surface area contributed by atoms with Gasteiger partial charge in [-0.25, -0.2) is 4.79 Å². The largest absolute Gasteiger partial charge is 0.477 e. The molecule has 0 unspecified atom stereocenters. The van der Waals surface area contributed by atoms with E-state index >= 15 is 0 Å². The van der Waals surface area contributed by atoms with Crippen molar-refractivity contribution < 1.29 is 24.3 Å². The molecule has 4 heterocycles. The van der Waals surface area contributed by atoms with Gasteiger partial charge in [-0.1, -0.05) is 6.92 Å². The molecule has 12 heteroatoms. The fourth-order valence-corrected chi connectivity index (χ4v) is 7.31. The lowest BCUT2D eigenvalue weighted by molar-refractivity contribution is -0.158. The van der Waals surface area contributed by atoms with Crippen molar-refractivity contribution in [3.05, 3.63) is 10.6 Å². The predicted molar refractivity (Wildman–Crippen MR) is 131 cm³/mol. The van der Waals surface area contributed by atoms with Gasteiger partial charge in [0.15, 0.2) is 0 Å². The van der Waals surface area contributed by atoms with E-state index in [0.29, 0.717) is 30.5 Å². The van der Waals surface area contributed by atoms with Crippen molar-refractivity contribution >= 4 is 35.5 Å². The van der Waals surface area contributed by atoms with Crippen LogP contribution < -0.4 is 21.3 Å². The number of thioether (sulfide) groups is 1. The maximum atomic E-state index is 13.0. The number of likely N-dealkylation sites (N-methyl/N-ethyl adjacent to an activating group) is 2. The molecule has 7 atom stereocenters. The van der Waals surface area contributed by atoms with Gasteiger partial charge in [0.1, 0.15) is 5.70 Å². The van der Waals surface area contributed by atoms with E-state index in [1.54, 1.807) is 14.0 Å². The highest BCUT2D eigenvalue weighted by atomic mass is 32.2. The minimum absolute atomic E-state index is 0.0402. The monoisotopic (exact) mass is 508 g/mol. The zero-order valence-corrected chi connectivity index (χ0v) is 21.5. The van der Waals surface area contributed by atoms with Gasteiger partial charge < -0.3 is 36.2 Å². The van der Waals surface area contributed by atoms with Crippen LogP contribution >= 0.6 is 11.8 Å². The van der Waals surface area contributed by atoms with E-state index in [-0.39, 0.29) is 53.2 Å². The molecule has 0 aromatic heterocycles. The average molecular weight is 509 g/mol. The van der Waals surface area contributed by atoms with E-state index in [0.717, 1.165) is 13.0 Å². The first-order valence-electron chi connectivity index (χ1n) is 12.3. The molecule has 5 N–H and O–H groups in total. The fraction of sp³-hybridized carbons (Fsp3) is 0.739. The molecule has 194 valence electrons. The summed E-state index contributed by atoms with van der Waals surface area (Å²) in [5.41, 5.74) is 0.0497. The normalized spacial score (nSPS) is 33.1. The van der Waals surface area contributed by atoms with Gasteiger partial charge in [0.2, 0.25) is 17.7 Å². The molecule has 0 saturated carbocycles. The first kappa shape index (κ1) is 25.9. The second-order valence-corrected chi connectivity index (χ2v) is 11.3. The topological polar surface area (TPSA) is 143 Å². The average Bonchev–Trinajstić information content (AvgIpc) is 3.52. The van der Waals surface area contributed by atoms with Crippen LogP contribution in [-0.4, -0.2) is 108 Å². The molecule has 0 radical (unpaired) electrons. The number of hydrogen-bond acceptors (Lipinski definition) is 8. The van der Waals surface area contributed by atoms with Gasteiger partial charge >= 0.3 is 5.97 Å². The third-order valence-corrected chi connectivity index (χ3v) is 9.16. The Hall–Kier alpha value is -2.15. The molecule has 0 bridgehead atoms. The summed E-state index contributed by atoms with van der Waals surface area (Å²) in [6, 6.07) is -0.643. The molecule has 35 heavy (non-hydrogen) atoms. The number of carboxylic acid groups (broad SMARTS) is 1. The molecule has 11 nitrogen and oxygen atoms in total. The number of hydrogen-bond donors (Lipinski definition) is 5. The molecule has 4 rings (SSSR count). The Labute approximate surface area is 209 Å². The number of fused-ring (bicyclic) bond motifs is 1. The van der Waals surface area contributed by atoms with Crippen LogP contribution in [0.5, 0.6) is 0 Å². The van der Waals surface area contributed by atoms with E-state index in [2.05, 4.69) is 21.3 Å². The van der Waals surface area contributed by atoms with Crippen molar-refractivity contribution in [1.29, 1.82) is 0 Å². The highest BCUT2D eigenvalue weighted by Crippen LogP contribution is 2.51. The quantitative estimate of drug-likeness (QED) is 0.242. The minimum atomic E-state index is -1.12. The van der Waals surface area contributed by atoms with Gasteiger partial charge in [0, 0.05) is 47.8 Å². The Kier molecular flexibility index (Phi) is 7.74. The summed E-state index contributed by atoms with van der Waals surface area (Å²) in [7, 11) is 3.58. The molecule has 4 aliphatic rings. The van der Waals surface area contributed by atoms with E-state index in [1.165, 1.54) is 16.7 Å². The molecular formula is C23H36N6O5S. The van der Waals surface area contributed by atoms with Crippen molar-refractivity contribution in [2.24, 2.45) is 11.8 Å². The minimum Gasteiger partial charge on any atom is -0.477 e. The zero-order valence-electron chi connectivity index (χ0n) is 20.7. The van der Waals surface area contributed by atoms with Crippen molar-refractivity contribution in [2.45, 2.75) is 56.1 Å². The van der Waals surface area contributed by atoms with E-state index in [4.69, 9.17) is 0 Å². The molecule has 0 aromatic rings. The van der Waals surface area contributed by atoms with E-state index in [9.17, 15) is 24.3 Å². The van der Waals surface area contributed by atoms with Gasteiger partial charge in [-0.15, -0.1) is 11.8 Å². The Morgan fingerprint density at radius 2 is 2.03 bits per heavy atom. The Bertz CT molecular complexity index is 928. The van der Waals surface area contributed by atoms with Crippen LogP contribution in [0.15, 0.2) is 10.6 Å². The summed E-state index contributed by atoms with van der Waals surface area (Å²) in [5.74, 6) is -2.12. The van der Waals surface area contributed by atoms with Crippen molar-refractivity contribution in [3.8, 4) is 0 Å². The summed E-state index contributed by atoms with van der Waals surface area (Å²) in [5, 5.41) is 22.2. The lowest BCUT2D eigenvalue weighted by Crippen LogP contribution is -2.66. The Balaban J connectivity index is 1.42. The second kappa shape index (κ2) is 10.5. The molecule has 4 aliphatic heterocycles. The van der Waals surface area contributed by atoms with Crippen molar-refractivity contribution in [2.75, 3.05) is 40.3 Å². The van der Waals surface area contributed by atoms with Gasteiger partial charge in [0.25, 0.3) is 0 Å². The zero-order chi connectivity index (χ0) is 25.4. The Morgan fingerprint density at radius 1 is 1.29 bits per heavy atom. The highest BCUT2D eigenvalue weighted by molar-refractivity contribution is 8.03. The van der Waals surface area contributed by atoms with Gasteiger partial charge in [-0.3, -0.25) is 14.4 Å². The summed E-state index contributed by atoms with van der Waals surface area (Å²) < 4.78 is 0. The van der Waals surface area contributed by atoms with Crippen molar-refractivity contribution in [3.63, 3.8) is 0 Å². The number of amides is 3. The maximum Gasteiger partial charge on any atom is 0.353 e. The third-order valence-electron chi connectivity index (χ3n) is 7.65. The van der Waals surface area contributed by atoms with Crippen LogP contribution in [0.2, 0.25) is 0 Å². The molecule has 3 saturated heterocycles. The number of carboxylic acids is 1. The number of carbonyl (C=O) groups excluding carboxylic acids is 3.